The summed E-state index contributed by atoms with van der Waals surface area (Å²) in [5.41, 5.74) is 7.55. The van der Waals surface area contributed by atoms with Crippen LogP contribution in [0.4, 0.5) is 5.82 Å². The summed E-state index contributed by atoms with van der Waals surface area (Å²) < 4.78 is 0. The number of nitrogens with two attached hydrogens (primary N) is 1. The summed E-state index contributed by atoms with van der Waals surface area (Å²) >= 11 is 5.78. The fraction of sp³-hybridized carbons (Fsp3) is 0. The van der Waals surface area contributed by atoms with Crippen LogP contribution in [0.2, 0.25) is 5.15 Å². The zero-order valence-corrected chi connectivity index (χ0v) is 8.07. The van der Waals surface area contributed by atoms with E-state index < -0.39 is 0 Å². The lowest BCUT2D eigenvalue weighted by molar-refractivity contribution is 1.31. The molecular formula is C10H8ClN3. The van der Waals surface area contributed by atoms with Gasteiger partial charge in [-0.15, -0.1) is 0 Å². The molecule has 0 aliphatic rings. The molecule has 0 radical (unpaired) electrons. The van der Waals surface area contributed by atoms with Crippen LogP contribution in [0, 0.1) is 0 Å². The molecule has 4 heteroatoms. The Hall–Kier alpha value is -1.61. The molecule has 2 aromatic heterocycles. The second-order valence-electron chi connectivity index (χ2n) is 2.84. The lowest BCUT2D eigenvalue weighted by Gasteiger charge is -2.01. The van der Waals surface area contributed by atoms with E-state index in [-0.39, 0.29) is 0 Å². The van der Waals surface area contributed by atoms with E-state index in [0.717, 1.165) is 11.1 Å². The zero-order valence-electron chi connectivity index (χ0n) is 7.31. The van der Waals surface area contributed by atoms with Gasteiger partial charge in [-0.1, -0.05) is 11.6 Å². The van der Waals surface area contributed by atoms with Crippen molar-refractivity contribution in [2.75, 3.05) is 5.73 Å². The highest BCUT2D eigenvalue weighted by atomic mass is 35.5. The molecule has 70 valence electrons. The summed E-state index contributed by atoms with van der Waals surface area (Å²) in [6.07, 6.45) is 3.33. The molecule has 14 heavy (non-hydrogen) atoms. The fourth-order valence-corrected chi connectivity index (χ4v) is 1.38. The first-order valence-electron chi connectivity index (χ1n) is 4.09. The minimum absolute atomic E-state index is 0.470. The van der Waals surface area contributed by atoms with Gasteiger partial charge in [0.15, 0.2) is 0 Å². The van der Waals surface area contributed by atoms with Crippen LogP contribution in [-0.2, 0) is 0 Å². The molecule has 0 spiro atoms. The Balaban J connectivity index is 2.49. The van der Waals surface area contributed by atoms with Crippen molar-refractivity contribution < 1.29 is 0 Å². The number of hydrogen-bond donors (Lipinski definition) is 1. The van der Waals surface area contributed by atoms with E-state index in [9.17, 15) is 0 Å². The predicted molar refractivity (Wildman–Crippen MR) is 56.9 cm³/mol. The van der Waals surface area contributed by atoms with E-state index >= 15 is 0 Å². The van der Waals surface area contributed by atoms with Gasteiger partial charge in [-0.05, 0) is 35.4 Å². The van der Waals surface area contributed by atoms with Crippen molar-refractivity contribution in [3.8, 4) is 11.1 Å². The molecule has 0 saturated carbocycles. The summed E-state index contributed by atoms with van der Waals surface area (Å²) in [5.74, 6) is 0.496. The lowest BCUT2D eigenvalue weighted by atomic mass is 10.1. The minimum Gasteiger partial charge on any atom is -0.384 e. The van der Waals surface area contributed by atoms with Crippen LogP contribution in [0.5, 0.6) is 0 Å². The van der Waals surface area contributed by atoms with Gasteiger partial charge in [0.2, 0.25) is 0 Å². The second-order valence-corrected chi connectivity index (χ2v) is 3.22. The number of aromatic nitrogens is 2. The molecule has 0 fully saturated rings. The fourth-order valence-electron chi connectivity index (χ4n) is 1.21. The molecule has 0 bridgehead atoms. The van der Waals surface area contributed by atoms with E-state index in [1.165, 1.54) is 0 Å². The van der Waals surface area contributed by atoms with E-state index in [1.54, 1.807) is 24.5 Å². The Kier molecular flexibility index (Phi) is 2.33. The van der Waals surface area contributed by atoms with Crippen LogP contribution >= 0.6 is 11.6 Å². The van der Waals surface area contributed by atoms with Gasteiger partial charge in [0, 0.05) is 12.4 Å². The number of anilines is 1. The SMILES string of the molecule is Nc1cc(-c2ccnc(Cl)c2)ccn1. The van der Waals surface area contributed by atoms with Crippen LogP contribution in [0.1, 0.15) is 0 Å². The normalized spacial score (nSPS) is 10.1. The first-order chi connectivity index (χ1) is 6.75. The quantitative estimate of drug-likeness (QED) is 0.728. The van der Waals surface area contributed by atoms with Gasteiger partial charge < -0.3 is 5.73 Å². The molecule has 3 nitrogen and oxygen atoms in total. The first-order valence-corrected chi connectivity index (χ1v) is 4.47. The number of halogens is 1. The number of nitrogen functional groups attached to an aromatic ring is 1. The molecule has 0 atom stereocenters. The predicted octanol–water partition coefficient (Wildman–Crippen LogP) is 2.38. The Morgan fingerprint density at radius 1 is 1.00 bits per heavy atom. The van der Waals surface area contributed by atoms with Gasteiger partial charge in [-0.2, -0.15) is 0 Å². The van der Waals surface area contributed by atoms with Crippen LogP contribution in [0.15, 0.2) is 36.7 Å². The molecule has 2 N–H and O–H groups in total. The standard InChI is InChI=1S/C10H8ClN3/c11-9-5-7(1-3-13-9)8-2-4-14-10(12)6-8/h1-6H,(H2,12,14). The summed E-state index contributed by atoms with van der Waals surface area (Å²) in [4.78, 5) is 7.82. The van der Waals surface area contributed by atoms with Crippen LogP contribution in [-0.4, -0.2) is 9.97 Å². The van der Waals surface area contributed by atoms with Crippen molar-refractivity contribution in [1.29, 1.82) is 0 Å². The third kappa shape index (κ3) is 1.83. The highest BCUT2D eigenvalue weighted by Gasteiger charge is 1.99. The molecular weight excluding hydrogens is 198 g/mol. The van der Waals surface area contributed by atoms with Gasteiger partial charge in [0.25, 0.3) is 0 Å². The Morgan fingerprint density at radius 2 is 1.64 bits per heavy atom. The van der Waals surface area contributed by atoms with Crippen molar-refractivity contribution in [3.63, 3.8) is 0 Å². The van der Waals surface area contributed by atoms with Crippen LogP contribution in [0.25, 0.3) is 11.1 Å². The summed E-state index contributed by atoms with van der Waals surface area (Å²) in [6.45, 7) is 0. The summed E-state index contributed by atoms with van der Waals surface area (Å²) in [5, 5.41) is 0.470. The monoisotopic (exact) mass is 205 g/mol. The van der Waals surface area contributed by atoms with Crippen molar-refractivity contribution in [1.82, 2.24) is 9.97 Å². The smallest absolute Gasteiger partial charge is 0.129 e. The summed E-state index contributed by atoms with van der Waals surface area (Å²) in [6, 6.07) is 7.34. The maximum atomic E-state index is 5.78. The number of pyridine rings is 2. The maximum absolute atomic E-state index is 5.78. The minimum atomic E-state index is 0.470. The van der Waals surface area contributed by atoms with Crippen molar-refractivity contribution >= 4 is 17.4 Å². The van der Waals surface area contributed by atoms with E-state index in [0.29, 0.717) is 11.0 Å². The molecule has 2 heterocycles. The van der Waals surface area contributed by atoms with Gasteiger partial charge in [-0.25, -0.2) is 9.97 Å². The van der Waals surface area contributed by atoms with E-state index in [2.05, 4.69) is 9.97 Å². The topological polar surface area (TPSA) is 51.8 Å². The zero-order chi connectivity index (χ0) is 9.97. The number of nitrogens with zero attached hydrogens (tertiary/aromatic N) is 2. The Bertz CT molecular complexity index is 413. The van der Waals surface area contributed by atoms with Gasteiger partial charge in [-0.3, -0.25) is 0 Å². The molecule has 2 aromatic rings. The molecule has 0 aromatic carbocycles. The van der Waals surface area contributed by atoms with Gasteiger partial charge >= 0.3 is 0 Å². The third-order valence-electron chi connectivity index (χ3n) is 1.84. The van der Waals surface area contributed by atoms with Crippen LogP contribution in [0.3, 0.4) is 0 Å². The van der Waals surface area contributed by atoms with Crippen molar-refractivity contribution in [3.05, 3.63) is 41.8 Å². The molecule has 0 amide bonds. The number of rotatable bonds is 1. The third-order valence-corrected chi connectivity index (χ3v) is 2.05. The molecule has 0 aliphatic carbocycles. The molecule has 0 aliphatic heterocycles. The molecule has 2 rings (SSSR count). The Morgan fingerprint density at radius 3 is 2.29 bits per heavy atom. The average Bonchev–Trinajstić information content (AvgIpc) is 2.18. The molecule has 0 unspecified atom stereocenters. The highest BCUT2D eigenvalue weighted by molar-refractivity contribution is 6.29. The van der Waals surface area contributed by atoms with E-state index in [4.69, 9.17) is 17.3 Å². The van der Waals surface area contributed by atoms with Crippen molar-refractivity contribution in [2.24, 2.45) is 0 Å². The lowest BCUT2D eigenvalue weighted by Crippen LogP contribution is -1.89. The maximum Gasteiger partial charge on any atom is 0.129 e. The largest absolute Gasteiger partial charge is 0.384 e. The van der Waals surface area contributed by atoms with Crippen LogP contribution < -0.4 is 5.73 Å². The van der Waals surface area contributed by atoms with Gasteiger partial charge in [0.1, 0.15) is 11.0 Å². The second kappa shape index (κ2) is 3.64. The molecule has 0 saturated heterocycles. The number of hydrogen-bond acceptors (Lipinski definition) is 3. The Labute approximate surface area is 86.6 Å². The highest BCUT2D eigenvalue weighted by Crippen LogP contribution is 2.21. The first kappa shape index (κ1) is 8.97. The summed E-state index contributed by atoms with van der Waals surface area (Å²) in [7, 11) is 0. The van der Waals surface area contributed by atoms with E-state index in [1.807, 2.05) is 12.1 Å². The average molecular weight is 206 g/mol. The van der Waals surface area contributed by atoms with Crippen molar-refractivity contribution in [2.45, 2.75) is 0 Å². The van der Waals surface area contributed by atoms with Gasteiger partial charge in [0.05, 0.1) is 0 Å².